The summed E-state index contributed by atoms with van der Waals surface area (Å²) in [5.41, 5.74) is 0. The molecule has 0 bridgehead atoms. The molecular weight excluding hydrogens is 324 g/mol. The molecule has 7 heteroatoms. The van der Waals surface area contributed by atoms with Gasteiger partial charge >= 0.3 is 0 Å². The third-order valence-corrected chi connectivity index (χ3v) is 7.26. The molecular formula is C14H14N2O2S3. The van der Waals surface area contributed by atoms with Crippen LogP contribution in [-0.2, 0) is 16.4 Å². The molecule has 0 fully saturated rings. The zero-order chi connectivity index (χ0) is 14.9. The average molecular weight is 338 g/mol. The van der Waals surface area contributed by atoms with Crippen molar-refractivity contribution < 1.29 is 8.42 Å². The number of thiophene rings is 2. The number of sulfonamides is 1. The maximum absolute atomic E-state index is 12.3. The van der Waals surface area contributed by atoms with Crippen LogP contribution in [0.25, 0.3) is 9.75 Å². The maximum atomic E-state index is 12.3. The van der Waals surface area contributed by atoms with E-state index in [1.807, 2.05) is 12.1 Å². The fraction of sp³-hybridized carbons (Fsp3) is 0.143. The molecule has 110 valence electrons. The molecule has 0 unspecified atom stereocenters. The smallest absolute Gasteiger partial charge is 0.261 e. The van der Waals surface area contributed by atoms with Crippen LogP contribution in [0.15, 0.2) is 53.0 Å². The van der Waals surface area contributed by atoms with Crippen molar-refractivity contribution in [2.75, 3.05) is 4.83 Å². The van der Waals surface area contributed by atoms with E-state index in [0.29, 0.717) is 4.21 Å². The Morgan fingerprint density at radius 3 is 2.38 bits per heavy atom. The Labute approximate surface area is 131 Å². The summed E-state index contributed by atoms with van der Waals surface area (Å²) in [6.45, 7) is 2.11. The lowest BCUT2D eigenvalue weighted by molar-refractivity contribution is 0.597. The summed E-state index contributed by atoms with van der Waals surface area (Å²) in [4.78, 5) is 5.89. The predicted molar refractivity (Wildman–Crippen MR) is 88.0 cm³/mol. The highest BCUT2D eigenvalue weighted by Gasteiger charge is 2.17. The zero-order valence-electron chi connectivity index (χ0n) is 11.3. The lowest BCUT2D eigenvalue weighted by Crippen LogP contribution is -2.20. The van der Waals surface area contributed by atoms with Crippen molar-refractivity contribution in [3.63, 3.8) is 0 Å². The molecule has 0 saturated carbocycles. The largest absolute Gasteiger partial charge is 0.284 e. The molecule has 4 nitrogen and oxygen atoms in total. The number of nitrogens with one attached hydrogen (secondary N) is 1. The summed E-state index contributed by atoms with van der Waals surface area (Å²) in [6.07, 6.45) is 4.30. The monoisotopic (exact) mass is 338 g/mol. The van der Waals surface area contributed by atoms with Gasteiger partial charge in [-0.2, -0.15) is 8.42 Å². The first kappa shape index (κ1) is 14.4. The molecule has 3 aromatic rings. The van der Waals surface area contributed by atoms with Crippen molar-refractivity contribution in [3.05, 3.63) is 53.7 Å². The van der Waals surface area contributed by atoms with Crippen LogP contribution >= 0.6 is 22.7 Å². The number of rotatable bonds is 5. The Balaban J connectivity index is 1.87. The van der Waals surface area contributed by atoms with Crippen LogP contribution < -0.4 is 4.83 Å². The predicted octanol–water partition coefficient (Wildman–Crippen LogP) is 3.77. The fourth-order valence-corrected chi connectivity index (χ4v) is 5.21. The van der Waals surface area contributed by atoms with Gasteiger partial charge in [0.15, 0.2) is 0 Å². The van der Waals surface area contributed by atoms with Gasteiger partial charge in [0, 0.05) is 27.0 Å². The molecule has 1 N–H and O–H groups in total. The van der Waals surface area contributed by atoms with Gasteiger partial charge in [0.05, 0.1) is 0 Å². The van der Waals surface area contributed by atoms with Crippen LogP contribution in [0, 0.1) is 0 Å². The SMILES string of the molecule is CCc1ccc(-c2ccc(S(=O)(=O)Nn3cccc3)s2)s1. The van der Waals surface area contributed by atoms with Gasteiger partial charge in [0.1, 0.15) is 4.21 Å². The summed E-state index contributed by atoms with van der Waals surface area (Å²) in [5.74, 6) is 0. The van der Waals surface area contributed by atoms with Gasteiger partial charge in [-0.05, 0) is 42.8 Å². The second-order valence-electron chi connectivity index (χ2n) is 4.42. The number of aryl methyl sites for hydroxylation is 1. The first-order chi connectivity index (χ1) is 10.1. The summed E-state index contributed by atoms with van der Waals surface area (Å²) >= 11 is 2.99. The molecule has 3 rings (SSSR count). The summed E-state index contributed by atoms with van der Waals surface area (Å²) in [6, 6.07) is 11.2. The average Bonchev–Trinajstić information content (AvgIpc) is 3.19. The van der Waals surface area contributed by atoms with Gasteiger partial charge in [-0.15, -0.1) is 22.7 Å². The molecule has 21 heavy (non-hydrogen) atoms. The van der Waals surface area contributed by atoms with E-state index in [0.717, 1.165) is 16.2 Å². The van der Waals surface area contributed by atoms with E-state index in [9.17, 15) is 8.42 Å². The van der Waals surface area contributed by atoms with Crippen molar-refractivity contribution in [2.45, 2.75) is 17.6 Å². The number of aromatic nitrogens is 1. The van der Waals surface area contributed by atoms with E-state index in [4.69, 9.17) is 0 Å². The van der Waals surface area contributed by atoms with Gasteiger partial charge in [0.25, 0.3) is 10.0 Å². The number of nitrogens with zero attached hydrogens (tertiary/aromatic N) is 1. The van der Waals surface area contributed by atoms with Gasteiger partial charge in [0.2, 0.25) is 0 Å². The third-order valence-electron chi connectivity index (χ3n) is 2.93. The zero-order valence-corrected chi connectivity index (χ0v) is 13.8. The Hall–Kier alpha value is -1.57. The van der Waals surface area contributed by atoms with Gasteiger partial charge < -0.3 is 0 Å². The van der Waals surface area contributed by atoms with Gasteiger partial charge in [-0.25, -0.2) is 4.83 Å². The highest BCUT2D eigenvalue weighted by Crippen LogP contribution is 2.35. The molecule has 0 aromatic carbocycles. The van der Waals surface area contributed by atoms with Crippen LogP contribution in [0.3, 0.4) is 0 Å². The molecule has 3 aromatic heterocycles. The van der Waals surface area contributed by atoms with Crippen molar-refractivity contribution in [3.8, 4) is 9.75 Å². The standard InChI is InChI=1S/C14H14N2O2S3/c1-2-11-5-6-12(19-11)13-7-8-14(20-13)21(17,18)15-16-9-3-4-10-16/h3-10,15H,2H2,1H3. The first-order valence-corrected chi connectivity index (χ1v) is 9.55. The molecule has 0 spiro atoms. The molecule has 0 saturated heterocycles. The Bertz CT molecular complexity index is 829. The minimum Gasteiger partial charge on any atom is -0.261 e. The molecule has 0 aliphatic heterocycles. The van der Waals surface area contributed by atoms with Crippen molar-refractivity contribution in [1.82, 2.24) is 4.68 Å². The minimum absolute atomic E-state index is 0.317. The third kappa shape index (κ3) is 3.04. The minimum atomic E-state index is -3.53. The lowest BCUT2D eigenvalue weighted by Gasteiger charge is -2.06. The van der Waals surface area contributed by atoms with Crippen molar-refractivity contribution >= 4 is 32.7 Å². The van der Waals surface area contributed by atoms with E-state index in [-0.39, 0.29) is 0 Å². The Kier molecular flexibility index (Phi) is 3.88. The Morgan fingerprint density at radius 2 is 1.71 bits per heavy atom. The lowest BCUT2D eigenvalue weighted by atomic mass is 10.3. The normalized spacial score (nSPS) is 11.7. The van der Waals surface area contributed by atoms with E-state index < -0.39 is 10.0 Å². The summed E-state index contributed by atoms with van der Waals surface area (Å²) in [7, 11) is -3.53. The number of hydrogen-bond acceptors (Lipinski definition) is 4. The van der Waals surface area contributed by atoms with Crippen LogP contribution in [0.5, 0.6) is 0 Å². The number of hydrogen-bond donors (Lipinski definition) is 1. The van der Waals surface area contributed by atoms with Crippen molar-refractivity contribution in [1.29, 1.82) is 0 Å². The molecule has 0 aliphatic rings. The van der Waals surface area contributed by atoms with Crippen LogP contribution in [0.4, 0.5) is 0 Å². The van der Waals surface area contributed by atoms with Gasteiger partial charge in [-0.3, -0.25) is 4.68 Å². The topological polar surface area (TPSA) is 51.1 Å². The molecule has 3 heterocycles. The molecule has 0 radical (unpaired) electrons. The highest BCUT2D eigenvalue weighted by molar-refractivity contribution is 7.94. The van der Waals surface area contributed by atoms with Crippen LogP contribution in [0.2, 0.25) is 0 Å². The second-order valence-corrected chi connectivity index (χ2v) is 8.56. The van der Waals surface area contributed by atoms with Crippen LogP contribution in [0.1, 0.15) is 11.8 Å². The first-order valence-electron chi connectivity index (χ1n) is 6.43. The van der Waals surface area contributed by atoms with E-state index in [1.165, 1.54) is 20.9 Å². The van der Waals surface area contributed by atoms with Gasteiger partial charge in [-0.1, -0.05) is 6.92 Å². The summed E-state index contributed by atoms with van der Waals surface area (Å²) < 4.78 is 26.3. The summed E-state index contributed by atoms with van der Waals surface area (Å²) in [5, 5.41) is 0. The van der Waals surface area contributed by atoms with Crippen molar-refractivity contribution in [2.24, 2.45) is 0 Å². The van der Waals surface area contributed by atoms with E-state index >= 15 is 0 Å². The van der Waals surface area contributed by atoms with E-state index in [2.05, 4.69) is 17.8 Å². The van der Waals surface area contributed by atoms with E-state index in [1.54, 1.807) is 41.9 Å². The molecule has 0 aliphatic carbocycles. The van der Waals surface area contributed by atoms with Crippen LogP contribution in [-0.4, -0.2) is 13.1 Å². The molecule has 0 amide bonds. The quantitative estimate of drug-likeness (QED) is 0.770. The molecule has 0 atom stereocenters. The second kappa shape index (κ2) is 5.67. The Morgan fingerprint density at radius 1 is 1.05 bits per heavy atom. The fourth-order valence-electron chi connectivity index (χ4n) is 1.88. The maximum Gasteiger partial charge on any atom is 0.284 e. The highest BCUT2D eigenvalue weighted by atomic mass is 32.2.